The van der Waals surface area contributed by atoms with Crippen LogP contribution in [0.1, 0.15) is 16.2 Å². The minimum Gasteiger partial charge on any atom is -0.479 e. The van der Waals surface area contributed by atoms with Crippen LogP contribution in [-0.4, -0.2) is 39.9 Å². The Morgan fingerprint density at radius 1 is 1.50 bits per heavy atom. The van der Waals surface area contributed by atoms with Gasteiger partial charge in [-0.05, 0) is 12.1 Å². The van der Waals surface area contributed by atoms with Crippen LogP contribution in [0.4, 0.5) is 0 Å². The van der Waals surface area contributed by atoms with E-state index in [1.165, 1.54) is 17.7 Å². The van der Waals surface area contributed by atoms with E-state index in [9.17, 15) is 14.7 Å². The van der Waals surface area contributed by atoms with E-state index < -0.39 is 18.0 Å². The van der Waals surface area contributed by atoms with Crippen molar-refractivity contribution in [2.24, 2.45) is 7.05 Å². The van der Waals surface area contributed by atoms with Gasteiger partial charge in [0, 0.05) is 19.2 Å². The van der Waals surface area contributed by atoms with E-state index in [2.05, 4.69) is 4.74 Å². The van der Waals surface area contributed by atoms with Crippen LogP contribution in [0.2, 0.25) is 0 Å². The van der Waals surface area contributed by atoms with Crippen LogP contribution in [0.15, 0.2) is 12.1 Å². The molecule has 6 heteroatoms. The second kappa shape index (κ2) is 4.80. The number of carbonyl (C=O) groups excluding carboxylic acids is 1. The summed E-state index contributed by atoms with van der Waals surface area (Å²) < 4.78 is 6.04. The smallest absolute Gasteiger partial charge is 0.354 e. The number of methoxy groups -OCH3 is 1. The number of aromatic nitrogens is 1. The van der Waals surface area contributed by atoms with Gasteiger partial charge in [0.25, 0.3) is 0 Å². The number of aliphatic carboxylic acids is 1. The Balaban J connectivity index is 2.88. The van der Waals surface area contributed by atoms with Gasteiger partial charge in [0.2, 0.25) is 0 Å². The lowest BCUT2D eigenvalue weighted by molar-refractivity contribution is -0.146. The molecular weight excluding hydrogens is 214 g/mol. The van der Waals surface area contributed by atoms with Crippen LogP contribution in [-0.2, 0) is 23.0 Å². The molecule has 0 spiro atoms. The molecule has 1 heterocycles. The molecule has 1 atom stereocenters. The molecule has 6 nitrogen and oxygen atoms in total. The van der Waals surface area contributed by atoms with Crippen LogP contribution >= 0.6 is 0 Å². The van der Waals surface area contributed by atoms with Crippen LogP contribution in [0.5, 0.6) is 0 Å². The number of carboxylic acids is 1. The van der Waals surface area contributed by atoms with Crippen molar-refractivity contribution in [3.8, 4) is 0 Å². The molecule has 0 radical (unpaired) electrons. The molecule has 0 saturated heterocycles. The van der Waals surface area contributed by atoms with Gasteiger partial charge < -0.3 is 19.5 Å². The van der Waals surface area contributed by atoms with Gasteiger partial charge in [-0.25, -0.2) is 9.59 Å². The monoisotopic (exact) mass is 227 g/mol. The molecule has 1 rings (SSSR count). The molecule has 0 aromatic carbocycles. The highest BCUT2D eigenvalue weighted by molar-refractivity contribution is 5.87. The van der Waals surface area contributed by atoms with E-state index in [-0.39, 0.29) is 6.42 Å². The quantitative estimate of drug-likeness (QED) is 0.695. The van der Waals surface area contributed by atoms with Crippen molar-refractivity contribution < 1.29 is 24.5 Å². The Kier molecular flexibility index (Phi) is 3.68. The molecule has 1 aromatic heterocycles. The van der Waals surface area contributed by atoms with Gasteiger partial charge in [0.1, 0.15) is 5.69 Å². The molecule has 0 amide bonds. The zero-order valence-corrected chi connectivity index (χ0v) is 9.01. The summed E-state index contributed by atoms with van der Waals surface area (Å²) in [6.45, 7) is 0. The number of hydrogen-bond donors (Lipinski definition) is 2. The lowest BCUT2D eigenvalue weighted by Gasteiger charge is -2.08. The number of esters is 1. The van der Waals surface area contributed by atoms with Crippen LogP contribution in [0.25, 0.3) is 0 Å². The molecule has 0 aliphatic heterocycles. The van der Waals surface area contributed by atoms with Crippen molar-refractivity contribution in [1.82, 2.24) is 4.57 Å². The molecule has 0 fully saturated rings. The van der Waals surface area contributed by atoms with Crippen molar-refractivity contribution in [1.29, 1.82) is 0 Å². The lowest BCUT2D eigenvalue weighted by Crippen LogP contribution is -2.23. The molecule has 0 aliphatic rings. The van der Waals surface area contributed by atoms with Crippen molar-refractivity contribution in [2.75, 3.05) is 7.11 Å². The number of nitrogens with zero attached hydrogens (tertiary/aromatic N) is 1. The normalized spacial score (nSPS) is 12.2. The Bertz CT molecular complexity index is 409. The molecule has 1 aromatic rings. The molecule has 16 heavy (non-hydrogen) atoms. The number of rotatable bonds is 4. The highest BCUT2D eigenvalue weighted by Crippen LogP contribution is 2.10. The van der Waals surface area contributed by atoms with Gasteiger partial charge in [0.15, 0.2) is 6.10 Å². The fraction of sp³-hybridized carbons (Fsp3) is 0.400. The number of ether oxygens (including phenoxy) is 1. The van der Waals surface area contributed by atoms with Crippen LogP contribution < -0.4 is 0 Å². The predicted molar refractivity (Wildman–Crippen MR) is 54.1 cm³/mol. The van der Waals surface area contributed by atoms with E-state index in [1.807, 2.05) is 0 Å². The fourth-order valence-corrected chi connectivity index (χ4v) is 1.35. The summed E-state index contributed by atoms with van der Waals surface area (Å²) in [5.74, 6) is -1.79. The van der Waals surface area contributed by atoms with Gasteiger partial charge >= 0.3 is 11.9 Å². The maximum Gasteiger partial charge on any atom is 0.354 e. The second-order valence-corrected chi connectivity index (χ2v) is 3.32. The van der Waals surface area contributed by atoms with Crippen molar-refractivity contribution in [3.05, 3.63) is 23.5 Å². The number of carboxylic acid groups (broad SMARTS) is 1. The Hall–Kier alpha value is -1.82. The fourth-order valence-electron chi connectivity index (χ4n) is 1.35. The molecule has 88 valence electrons. The minimum atomic E-state index is -1.47. The predicted octanol–water partition coefficient (Wildman–Crippen LogP) is -0.200. The summed E-state index contributed by atoms with van der Waals surface area (Å²) in [6.07, 6.45) is -1.53. The van der Waals surface area contributed by atoms with Gasteiger partial charge in [-0.2, -0.15) is 0 Å². The third-order valence-corrected chi connectivity index (χ3v) is 2.31. The molecule has 0 saturated carbocycles. The molecule has 2 N–H and O–H groups in total. The van der Waals surface area contributed by atoms with E-state index in [0.29, 0.717) is 11.4 Å². The van der Waals surface area contributed by atoms with E-state index in [1.54, 1.807) is 13.1 Å². The van der Waals surface area contributed by atoms with E-state index in [0.717, 1.165) is 0 Å². The Labute approximate surface area is 92.1 Å². The Morgan fingerprint density at radius 3 is 2.62 bits per heavy atom. The first-order chi connectivity index (χ1) is 7.47. The number of carbonyl (C=O) groups is 2. The zero-order chi connectivity index (χ0) is 12.3. The third-order valence-electron chi connectivity index (χ3n) is 2.31. The molecule has 0 bridgehead atoms. The van der Waals surface area contributed by atoms with E-state index >= 15 is 0 Å². The molecule has 1 unspecified atom stereocenters. The first kappa shape index (κ1) is 12.3. The van der Waals surface area contributed by atoms with Crippen molar-refractivity contribution >= 4 is 11.9 Å². The lowest BCUT2D eigenvalue weighted by atomic mass is 10.2. The minimum absolute atomic E-state index is 0.0528. The summed E-state index contributed by atoms with van der Waals surface area (Å²) in [5.41, 5.74) is 0.866. The summed E-state index contributed by atoms with van der Waals surface area (Å²) in [6, 6.07) is 3.11. The van der Waals surface area contributed by atoms with Gasteiger partial charge in [0.05, 0.1) is 7.11 Å². The maximum atomic E-state index is 11.2. The topological polar surface area (TPSA) is 88.8 Å². The Morgan fingerprint density at radius 2 is 2.12 bits per heavy atom. The van der Waals surface area contributed by atoms with Gasteiger partial charge in [-0.3, -0.25) is 0 Å². The summed E-state index contributed by atoms with van der Waals surface area (Å²) >= 11 is 0. The van der Waals surface area contributed by atoms with Gasteiger partial charge in [-0.15, -0.1) is 0 Å². The maximum absolute atomic E-state index is 11.2. The third kappa shape index (κ3) is 2.40. The number of aliphatic hydroxyl groups excluding tert-OH is 1. The standard InChI is InChI=1S/C10H13NO5/c1-11-6(5-8(12)9(13)14)3-4-7(11)10(15)16-2/h3-4,8,12H,5H2,1-2H3,(H,13,14). The van der Waals surface area contributed by atoms with Crippen LogP contribution in [0, 0.1) is 0 Å². The van der Waals surface area contributed by atoms with Gasteiger partial charge in [-0.1, -0.05) is 0 Å². The molecule has 0 aliphatic carbocycles. The van der Waals surface area contributed by atoms with Crippen LogP contribution in [0.3, 0.4) is 0 Å². The first-order valence-electron chi connectivity index (χ1n) is 4.61. The van der Waals surface area contributed by atoms with Crippen molar-refractivity contribution in [3.63, 3.8) is 0 Å². The molecular formula is C10H13NO5. The second-order valence-electron chi connectivity index (χ2n) is 3.32. The average Bonchev–Trinajstić information content (AvgIpc) is 2.59. The van der Waals surface area contributed by atoms with Crippen molar-refractivity contribution in [2.45, 2.75) is 12.5 Å². The summed E-state index contributed by atoms with van der Waals surface area (Å²) in [5, 5.41) is 17.7. The first-order valence-corrected chi connectivity index (χ1v) is 4.61. The summed E-state index contributed by atoms with van der Waals surface area (Å²) in [4.78, 5) is 21.7. The highest BCUT2D eigenvalue weighted by atomic mass is 16.5. The number of aliphatic hydroxyl groups is 1. The summed E-state index contributed by atoms with van der Waals surface area (Å²) in [7, 11) is 2.87. The SMILES string of the molecule is COC(=O)c1ccc(CC(O)C(=O)O)n1C. The highest BCUT2D eigenvalue weighted by Gasteiger charge is 2.18. The zero-order valence-electron chi connectivity index (χ0n) is 9.01. The number of hydrogen-bond acceptors (Lipinski definition) is 4. The average molecular weight is 227 g/mol. The van der Waals surface area contributed by atoms with E-state index in [4.69, 9.17) is 5.11 Å². The largest absolute Gasteiger partial charge is 0.479 e.